The number of aliphatic hydroxyl groups is 2. The molecule has 6 nitrogen and oxygen atoms in total. The van der Waals surface area contributed by atoms with Crippen LogP contribution in [0, 0.1) is 6.92 Å². The Kier molecular flexibility index (Phi) is 7.34. The molecule has 3 rings (SSSR count). The number of nitrogens with one attached hydrogen (secondary N) is 1. The van der Waals surface area contributed by atoms with E-state index in [1.807, 2.05) is 55.5 Å². The van der Waals surface area contributed by atoms with Gasteiger partial charge in [-0.15, -0.1) is 0 Å². The normalized spacial score (nSPS) is 10.6. The van der Waals surface area contributed by atoms with Gasteiger partial charge in [-0.25, -0.2) is 4.98 Å². The Morgan fingerprint density at radius 1 is 1.04 bits per heavy atom. The van der Waals surface area contributed by atoms with Crippen molar-refractivity contribution in [2.24, 2.45) is 0 Å². The Balaban J connectivity index is 0.00000280. The Morgan fingerprint density at radius 3 is 2.36 bits per heavy atom. The lowest BCUT2D eigenvalue weighted by molar-refractivity contribution is 0.192. The van der Waals surface area contributed by atoms with E-state index in [1.165, 1.54) is 0 Å². The van der Waals surface area contributed by atoms with Crippen LogP contribution in [0.15, 0.2) is 48.5 Å². The highest BCUT2D eigenvalue weighted by Gasteiger charge is 2.11. The van der Waals surface area contributed by atoms with E-state index in [9.17, 15) is 10.2 Å². The molecule has 1 heterocycles. The third-order valence-electron chi connectivity index (χ3n) is 4.31. The second-order valence-electron chi connectivity index (χ2n) is 6.26. The van der Waals surface area contributed by atoms with E-state index >= 15 is 0 Å². The van der Waals surface area contributed by atoms with Crippen LogP contribution in [0.5, 0.6) is 0 Å². The molecule has 148 valence electrons. The minimum absolute atomic E-state index is 0. The summed E-state index contributed by atoms with van der Waals surface area (Å²) in [6.07, 6.45) is 0. The van der Waals surface area contributed by atoms with E-state index < -0.39 is 0 Å². The number of rotatable bonds is 6. The number of aliphatic hydroxyl groups excluding tert-OH is 2. The van der Waals surface area contributed by atoms with E-state index in [1.54, 1.807) is 0 Å². The van der Waals surface area contributed by atoms with Gasteiger partial charge in [0.15, 0.2) is 0 Å². The third kappa shape index (κ3) is 4.98. The Labute approximate surface area is 170 Å². The topological polar surface area (TPSA) is 104 Å². The molecule has 3 aromatic rings. The summed E-state index contributed by atoms with van der Waals surface area (Å²) in [4.78, 5) is 8.56. The van der Waals surface area contributed by atoms with E-state index in [-0.39, 0.29) is 32.5 Å². The fourth-order valence-electron chi connectivity index (χ4n) is 2.79. The van der Waals surface area contributed by atoms with Gasteiger partial charge < -0.3 is 21.3 Å². The van der Waals surface area contributed by atoms with Crippen molar-refractivity contribution in [1.29, 1.82) is 0 Å². The van der Waals surface area contributed by atoms with Crippen molar-refractivity contribution in [2.45, 2.75) is 20.3 Å². The van der Waals surface area contributed by atoms with Crippen LogP contribution in [0.4, 0.5) is 17.5 Å². The highest BCUT2D eigenvalue weighted by molar-refractivity contribution is 6.30. The lowest BCUT2D eigenvalue weighted by Crippen LogP contribution is -2.08. The molecule has 28 heavy (non-hydrogen) atoms. The molecule has 0 bridgehead atoms. The molecule has 0 unspecified atom stereocenters. The van der Waals surface area contributed by atoms with Crippen molar-refractivity contribution < 1.29 is 10.2 Å². The van der Waals surface area contributed by atoms with Gasteiger partial charge >= 0.3 is 0 Å². The molecule has 0 fully saturated rings. The number of anilines is 3. The zero-order valence-electron chi connectivity index (χ0n) is 14.9. The number of benzene rings is 2. The molecule has 0 atom stereocenters. The predicted octanol–water partition coefficient (Wildman–Crippen LogP) is 4.14. The summed E-state index contributed by atoms with van der Waals surface area (Å²) in [7, 11) is 0. The molecule has 0 saturated heterocycles. The van der Waals surface area contributed by atoms with Gasteiger partial charge in [0.25, 0.3) is 0 Å². The lowest BCUT2D eigenvalue weighted by atomic mass is 10.0. The second-order valence-corrected chi connectivity index (χ2v) is 6.70. The Bertz CT molecular complexity index is 928. The third-order valence-corrected chi connectivity index (χ3v) is 4.55. The highest BCUT2D eigenvalue weighted by Crippen LogP contribution is 2.28. The number of nitrogen functional groups attached to an aromatic ring is 1. The fraction of sp³-hybridized carbons (Fsp3) is 0.238. The lowest BCUT2D eigenvalue weighted by Gasteiger charge is -2.13. The van der Waals surface area contributed by atoms with E-state index in [0.717, 1.165) is 22.4 Å². The summed E-state index contributed by atoms with van der Waals surface area (Å²) in [6.45, 7) is 1.77. The first-order valence-corrected chi connectivity index (χ1v) is 8.87. The van der Waals surface area contributed by atoms with Gasteiger partial charge in [-0.2, -0.15) is 4.98 Å². The molecular weight excluding hydrogens is 376 g/mol. The van der Waals surface area contributed by atoms with Gasteiger partial charge in [0.2, 0.25) is 5.95 Å². The van der Waals surface area contributed by atoms with Crippen molar-refractivity contribution in [3.8, 4) is 11.3 Å². The number of nitrogens with two attached hydrogens (primary N) is 1. The first-order valence-electron chi connectivity index (χ1n) is 8.50. The maximum absolute atomic E-state index is 9.28. The van der Waals surface area contributed by atoms with Gasteiger partial charge in [-0.3, -0.25) is 0 Å². The Morgan fingerprint density at radius 2 is 1.71 bits per heavy atom. The largest absolute Gasteiger partial charge is 0.396 e. The first-order chi connectivity index (χ1) is 13.0. The predicted molar refractivity (Wildman–Crippen MR) is 115 cm³/mol. The van der Waals surface area contributed by atoms with Crippen molar-refractivity contribution in [1.82, 2.24) is 9.97 Å². The zero-order chi connectivity index (χ0) is 19.4. The summed E-state index contributed by atoms with van der Waals surface area (Å²) < 4.78 is 0. The molecule has 0 aliphatic heterocycles. The van der Waals surface area contributed by atoms with Gasteiger partial charge in [-0.1, -0.05) is 37.2 Å². The van der Waals surface area contributed by atoms with E-state index in [2.05, 4.69) is 15.3 Å². The maximum Gasteiger partial charge on any atom is 0.222 e. The number of halogens is 1. The van der Waals surface area contributed by atoms with E-state index in [0.29, 0.717) is 16.5 Å². The van der Waals surface area contributed by atoms with Crippen LogP contribution in [0.25, 0.3) is 11.3 Å². The molecule has 1 aromatic heterocycles. The van der Waals surface area contributed by atoms with Crippen LogP contribution < -0.4 is 11.1 Å². The monoisotopic (exact) mass is 400 g/mol. The molecule has 0 aliphatic rings. The summed E-state index contributed by atoms with van der Waals surface area (Å²) in [5, 5.41) is 22.4. The smallest absolute Gasteiger partial charge is 0.222 e. The first kappa shape index (κ1) is 21.6. The second kappa shape index (κ2) is 9.50. The van der Waals surface area contributed by atoms with Crippen LogP contribution >= 0.6 is 11.6 Å². The number of aryl methyl sites for hydroxylation is 1. The molecule has 0 aliphatic carbocycles. The van der Waals surface area contributed by atoms with Crippen LogP contribution in [-0.2, 0) is 0 Å². The van der Waals surface area contributed by atoms with Crippen molar-refractivity contribution in [3.63, 3.8) is 0 Å². The van der Waals surface area contributed by atoms with Gasteiger partial charge in [-0.05, 0) is 42.3 Å². The van der Waals surface area contributed by atoms with Crippen molar-refractivity contribution in [3.05, 3.63) is 64.7 Å². The maximum atomic E-state index is 9.28. The molecule has 2 aromatic carbocycles. The minimum atomic E-state index is -0.286. The average Bonchev–Trinajstić information content (AvgIpc) is 2.65. The van der Waals surface area contributed by atoms with Crippen LogP contribution in [0.1, 0.15) is 24.5 Å². The molecule has 0 spiro atoms. The minimum Gasteiger partial charge on any atom is -0.396 e. The van der Waals surface area contributed by atoms with Crippen molar-refractivity contribution >= 4 is 29.1 Å². The quantitative estimate of drug-likeness (QED) is 0.495. The fourth-order valence-corrected chi connectivity index (χ4v) is 2.97. The molecule has 0 saturated carbocycles. The molecule has 0 amide bonds. The standard InChI is InChI=1S/C20H21ClN4O2.CH4/c1-12-2-5-15(21)8-17(12)18-9-19(25-20(22)24-18)23-16-6-3-13(4-7-16)14(10-26)11-27;/h2-9,14,26-27H,10-11H2,1H3,(H3,22,23,24,25);1H4. The number of hydrogen-bond donors (Lipinski definition) is 4. The van der Waals surface area contributed by atoms with Crippen molar-refractivity contribution in [2.75, 3.05) is 24.3 Å². The van der Waals surface area contributed by atoms with Gasteiger partial charge in [0, 0.05) is 28.3 Å². The zero-order valence-corrected chi connectivity index (χ0v) is 15.6. The molecule has 5 N–H and O–H groups in total. The molecular formula is C21H25ClN4O2. The van der Waals surface area contributed by atoms with Crippen LogP contribution in [0.3, 0.4) is 0 Å². The summed E-state index contributed by atoms with van der Waals surface area (Å²) in [6, 6.07) is 14.8. The van der Waals surface area contributed by atoms with E-state index in [4.69, 9.17) is 17.3 Å². The SMILES string of the molecule is C.Cc1ccc(Cl)cc1-c1cc(Nc2ccc(C(CO)CO)cc2)nc(N)n1. The van der Waals surface area contributed by atoms with Crippen LogP contribution in [-0.4, -0.2) is 33.4 Å². The molecule has 0 radical (unpaired) electrons. The number of hydrogen-bond acceptors (Lipinski definition) is 6. The summed E-state index contributed by atoms with van der Waals surface area (Å²) in [5.41, 5.74) is 10.2. The Hall–Kier alpha value is -2.67. The number of aromatic nitrogens is 2. The highest BCUT2D eigenvalue weighted by atomic mass is 35.5. The number of nitrogens with zero attached hydrogens (tertiary/aromatic N) is 2. The molecule has 7 heteroatoms. The summed E-state index contributed by atoms with van der Waals surface area (Å²) in [5.74, 6) is 0.434. The summed E-state index contributed by atoms with van der Waals surface area (Å²) >= 11 is 6.11. The van der Waals surface area contributed by atoms with Gasteiger partial charge in [0.1, 0.15) is 5.82 Å². The average molecular weight is 401 g/mol. The van der Waals surface area contributed by atoms with Gasteiger partial charge in [0.05, 0.1) is 18.9 Å². The van der Waals surface area contributed by atoms with Crippen LogP contribution in [0.2, 0.25) is 5.02 Å².